The van der Waals surface area contributed by atoms with Gasteiger partial charge in [0.1, 0.15) is 0 Å². The number of anilines is 1. The summed E-state index contributed by atoms with van der Waals surface area (Å²) in [5.74, 6) is 0. The van der Waals surface area contributed by atoms with Crippen LogP contribution in [0.25, 0.3) is 0 Å². The fourth-order valence-corrected chi connectivity index (χ4v) is 0.453. The van der Waals surface area contributed by atoms with Gasteiger partial charge in [0, 0.05) is 5.69 Å². The molecular weight excluding hydrogens is 100.0 g/mol. The molecule has 0 saturated carbocycles. The number of hydrogen-bond donors (Lipinski definition) is 1. The molecule has 0 aliphatic carbocycles. The van der Waals surface area contributed by atoms with Gasteiger partial charge in [0.05, 0.1) is 0 Å². The summed E-state index contributed by atoms with van der Waals surface area (Å²) in [4.78, 5) is 0. The summed E-state index contributed by atoms with van der Waals surface area (Å²) < 4.78 is 0. The zero-order valence-electron chi connectivity index (χ0n) is 7.96. The summed E-state index contributed by atoms with van der Waals surface area (Å²) in [7, 11) is 0. The van der Waals surface area contributed by atoms with Crippen molar-refractivity contribution in [2.75, 3.05) is 5.73 Å². The molecule has 0 bridgehead atoms. The molecule has 1 aromatic rings. The average molecular weight is 109 g/mol. The van der Waals surface area contributed by atoms with E-state index in [0.717, 1.165) is 5.69 Å². The maximum absolute atomic E-state index is 5.36. The smallest absolute Gasteiger partial charge is 1.00 e. The van der Waals surface area contributed by atoms with E-state index >= 15 is 0 Å². The van der Waals surface area contributed by atoms with E-state index < -0.39 is 0 Å². The minimum absolute atomic E-state index is 0. The Bertz CT molecular complexity index is 149. The molecule has 3 heteroatoms. The van der Waals surface area contributed by atoms with Crippen LogP contribution in [0.5, 0.6) is 0 Å². The van der Waals surface area contributed by atoms with Crippen molar-refractivity contribution in [1.82, 2.24) is 0 Å². The molecule has 1 nitrogen and oxygen atoms in total. The summed E-state index contributed by atoms with van der Waals surface area (Å²) in [6, 6.07) is 9.49. The topological polar surface area (TPSA) is 26.0 Å². The van der Waals surface area contributed by atoms with Gasteiger partial charge < -0.3 is 8.59 Å². The molecule has 0 aliphatic heterocycles. The average Bonchev–Trinajstić information content (AvgIpc) is 1.69. The van der Waals surface area contributed by atoms with Gasteiger partial charge in [0.25, 0.3) is 0 Å². The third-order valence-electron chi connectivity index (χ3n) is 0.800. The van der Waals surface area contributed by atoms with Crippen LogP contribution in [0.4, 0.5) is 5.69 Å². The molecule has 2 N–H and O–H groups in total. The van der Waals surface area contributed by atoms with E-state index in [9.17, 15) is 0 Å². The number of nitrogen functional groups attached to an aromatic ring is 1. The second-order valence-electron chi connectivity index (χ2n) is 1.41. The molecule has 0 unspecified atom stereocenters. The molecule has 0 amide bonds. The Balaban J connectivity index is -0.0000000612. The van der Waals surface area contributed by atoms with E-state index in [1.165, 1.54) is 0 Å². The molecule has 0 saturated heterocycles. The second kappa shape index (κ2) is 6.34. The van der Waals surface area contributed by atoms with Crippen molar-refractivity contribution < 1.29 is 40.6 Å². The van der Waals surface area contributed by atoms with Gasteiger partial charge in [-0.25, -0.2) is 0 Å². The summed E-state index contributed by atoms with van der Waals surface area (Å²) >= 11 is 0. The molecular formula is C6H9Li2N. The van der Waals surface area contributed by atoms with Crippen molar-refractivity contribution in [3.05, 3.63) is 30.3 Å². The maximum Gasteiger partial charge on any atom is 1.00 e. The van der Waals surface area contributed by atoms with Crippen LogP contribution in [0, 0.1) is 0 Å². The van der Waals surface area contributed by atoms with E-state index in [-0.39, 0.29) is 40.6 Å². The fraction of sp³-hybridized carbons (Fsp3) is 0. The predicted octanol–water partition coefficient (Wildman–Crippen LogP) is -4.50. The van der Waals surface area contributed by atoms with Crippen LogP contribution < -0.4 is 43.5 Å². The van der Waals surface area contributed by atoms with Crippen LogP contribution >= 0.6 is 0 Å². The van der Waals surface area contributed by atoms with Crippen molar-refractivity contribution >= 4 is 5.69 Å². The summed E-state index contributed by atoms with van der Waals surface area (Å²) in [5, 5.41) is 0. The molecule has 1 rings (SSSR count). The first kappa shape index (κ1) is 11.9. The quantitative estimate of drug-likeness (QED) is 0.264. The Morgan fingerprint density at radius 2 is 1.44 bits per heavy atom. The minimum Gasteiger partial charge on any atom is -1.00 e. The van der Waals surface area contributed by atoms with Crippen LogP contribution in [0.15, 0.2) is 30.3 Å². The Labute approximate surface area is 82.3 Å². The minimum atomic E-state index is 0. The molecule has 1 aromatic carbocycles. The summed E-state index contributed by atoms with van der Waals surface area (Å²) in [6.45, 7) is 0. The molecule has 0 atom stereocenters. The van der Waals surface area contributed by atoms with E-state index in [0.29, 0.717) is 0 Å². The Kier molecular flexibility index (Phi) is 8.41. The van der Waals surface area contributed by atoms with Gasteiger partial charge in [-0.1, -0.05) is 18.2 Å². The SMILES string of the molecule is Nc1ccccc1.[H-].[H-].[Li+].[Li+]. The van der Waals surface area contributed by atoms with E-state index in [4.69, 9.17) is 5.73 Å². The predicted molar refractivity (Wildman–Crippen MR) is 33.1 cm³/mol. The van der Waals surface area contributed by atoms with E-state index in [1.807, 2.05) is 30.3 Å². The zero-order chi connectivity index (χ0) is 5.11. The molecule has 0 aromatic heterocycles. The normalized spacial score (nSPS) is 6.67. The van der Waals surface area contributed by atoms with E-state index in [2.05, 4.69) is 0 Å². The Hall–Kier alpha value is 0.215. The first-order valence-corrected chi connectivity index (χ1v) is 2.20. The maximum atomic E-state index is 5.36. The van der Waals surface area contributed by atoms with Crippen LogP contribution in [-0.2, 0) is 0 Å². The molecule has 0 spiro atoms. The van der Waals surface area contributed by atoms with Gasteiger partial charge >= 0.3 is 37.7 Å². The van der Waals surface area contributed by atoms with Gasteiger partial charge in [0.2, 0.25) is 0 Å². The third kappa shape index (κ3) is 4.70. The van der Waals surface area contributed by atoms with Crippen LogP contribution in [-0.4, -0.2) is 0 Å². The monoisotopic (exact) mass is 109 g/mol. The van der Waals surface area contributed by atoms with Gasteiger partial charge in [-0.3, -0.25) is 0 Å². The Morgan fingerprint density at radius 3 is 1.67 bits per heavy atom. The summed E-state index contributed by atoms with van der Waals surface area (Å²) in [5.41, 5.74) is 6.18. The van der Waals surface area contributed by atoms with Crippen molar-refractivity contribution in [3.8, 4) is 0 Å². The van der Waals surface area contributed by atoms with Gasteiger partial charge in [-0.15, -0.1) is 0 Å². The van der Waals surface area contributed by atoms with Gasteiger partial charge in [-0.2, -0.15) is 0 Å². The standard InChI is InChI=1S/C6H7N.2Li.2H/c7-6-4-2-1-3-5-6;;;;/h1-5H,7H2;;;;/q;2*+1;2*-1. The van der Waals surface area contributed by atoms with E-state index in [1.54, 1.807) is 0 Å². The van der Waals surface area contributed by atoms with Crippen molar-refractivity contribution in [1.29, 1.82) is 0 Å². The molecule has 9 heavy (non-hydrogen) atoms. The molecule has 0 fully saturated rings. The van der Waals surface area contributed by atoms with Crippen molar-refractivity contribution in [2.24, 2.45) is 0 Å². The van der Waals surface area contributed by atoms with Crippen LogP contribution in [0.1, 0.15) is 2.85 Å². The molecule has 40 valence electrons. The van der Waals surface area contributed by atoms with Gasteiger partial charge in [0.15, 0.2) is 0 Å². The van der Waals surface area contributed by atoms with Crippen LogP contribution in [0.3, 0.4) is 0 Å². The molecule has 0 radical (unpaired) electrons. The number of para-hydroxylation sites is 1. The largest absolute Gasteiger partial charge is 1.00 e. The first-order valence-electron chi connectivity index (χ1n) is 2.20. The van der Waals surface area contributed by atoms with Crippen LogP contribution in [0.2, 0.25) is 0 Å². The number of nitrogens with two attached hydrogens (primary N) is 1. The molecule has 0 aliphatic rings. The molecule has 0 heterocycles. The first-order chi connectivity index (χ1) is 3.39. The Morgan fingerprint density at radius 1 is 1.00 bits per heavy atom. The third-order valence-corrected chi connectivity index (χ3v) is 0.800. The fourth-order valence-electron chi connectivity index (χ4n) is 0.453. The van der Waals surface area contributed by atoms with Crippen molar-refractivity contribution in [3.63, 3.8) is 0 Å². The second-order valence-corrected chi connectivity index (χ2v) is 1.41. The summed E-state index contributed by atoms with van der Waals surface area (Å²) in [6.07, 6.45) is 0. The van der Waals surface area contributed by atoms with Crippen molar-refractivity contribution in [2.45, 2.75) is 0 Å². The number of rotatable bonds is 0. The zero-order valence-corrected chi connectivity index (χ0v) is 5.96. The number of hydrogen-bond acceptors (Lipinski definition) is 1. The number of benzene rings is 1. The van der Waals surface area contributed by atoms with Gasteiger partial charge in [-0.05, 0) is 12.1 Å².